The van der Waals surface area contributed by atoms with Crippen LogP contribution in [0.3, 0.4) is 0 Å². The summed E-state index contributed by atoms with van der Waals surface area (Å²) in [6.45, 7) is 3.67. The Morgan fingerprint density at radius 1 is 1.14 bits per heavy atom. The molecule has 0 aliphatic heterocycles. The molecule has 154 valence electrons. The van der Waals surface area contributed by atoms with Gasteiger partial charge in [-0.2, -0.15) is 0 Å². The number of nitrogens with zero attached hydrogens (tertiary/aromatic N) is 1. The van der Waals surface area contributed by atoms with Crippen LogP contribution in [-0.2, 0) is 0 Å². The molecule has 0 bridgehead atoms. The molecule has 1 heterocycles. The largest absolute Gasteiger partial charge is 0.459 e. The zero-order valence-corrected chi connectivity index (χ0v) is 18.6. The predicted octanol–water partition coefficient (Wildman–Crippen LogP) is 2.27. The lowest BCUT2D eigenvalue weighted by atomic mass is 10.0. The fourth-order valence-electron chi connectivity index (χ4n) is 2.64. The molecule has 8 heteroatoms. The van der Waals surface area contributed by atoms with Crippen LogP contribution in [0.15, 0.2) is 52.1 Å². The van der Waals surface area contributed by atoms with E-state index >= 15 is 0 Å². The molecule has 1 aromatic heterocycles. The maximum Gasteiger partial charge on any atom is 0.287 e. The van der Waals surface area contributed by atoms with Crippen molar-refractivity contribution in [1.29, 1.82) is 0 Å². The summed E-state index contributed by atoms with van der Waals surface area (Å²) in [5.74, 6) is 0.822. The van der Waals surface area contributed by atoms with Crippen LogP contribution >= 0.6 is 24.0 Å². The number of benzene rings is 1. The van der Waals surface area contributed by atoms with Crippen molar-refractivity contribution in [1.82, 2.24) is 16.0 Å². The molecule has 7 nitrogen and oxygen atoms in total. The first-order valence-electron chi connectivity index (χ1n) is 9.08. The molecular weight excluding hydrogens is 471 g/mol. The number of nitrogens with one attached hydrogen (secondary N) is 3. The maximum atomic E-state index is 11.9. The zero-order chi connectivity index (χ0) is 19.5. The van der Waals surface area contributed by atoms with Gasteiger partial charge in [0, 0.05) is 38.2 Å². The quantitative estimate of drug-likeness (QED) is 0.183. The summed E-state index contributed by atoms with van der Waals surface area (Å²) in [6.07, 6.45) is 2.25. The van der Waals surface area contributed by atoms with Gasteiger partial charge in [-0.15, -0.1) is 24.0 Å². The molecule has 1 atom stereocenters. The molecule has 2 aromatic rings. The molecule has 0 saturated carbocycles. The Balaban J connectivity index is 0.00000392. The van der Waals surface area contributed by atoms with Crippen molar-refractivity contribution in [2.75, 3.05) is 33.3 Å². The second-order valence-corrected chi connectivity index (χ2v) is 6.21. The van der Waals surface area contributed by atoms with E-state index in [0.717, 1.165) is 17.5 Å². The topological polar surface area (TPSA) is 98.9 Å². The standard InChI is InChI=1S/C20H28N4O3.HI/c1-15-9-12-27-18(15)19(26)22-10-6-11-23-20(21-2)24-13-17(14-25)16-7-4-3-5-8-16;/h3-5,7-9,12,17,25H,6,10-11,13-14H2,1-2H3,(H,22,26)(H2,21,23,24);1H. The van der Waals surface area contributed by atoms with Crippen LogP contribution in [0.4, 0.5) is 0 Å². The number of hydrogen-bond donors (Lipinski definition) is 4. The van der Waals surface area contributed by atoms with Gasteiger partial charge in [-0.05, 0) is 25.0 Å². The number of hydrogen-bond acceptors (Lipinski definition) is 4. The number of rotatable bonds is 9. The SMILES string of the molecule is CN=C(NCCCNC(=O)c1occc1C)NCC(CO)c1ccccc1.I. The molecular formula is C20H29IN4O3. The Morgan fingerprint density at radius 2 is 1.86 bits per heavy atom. The first-order chi connectivity index (χ1) is 13.2. The van der Waals surface area contributed by atoms with E-state index in [1.165, 1.54) is 6.26 Å². The van der Waals surface area contributed by atoms with E-state index < -0.39 is 0 Å². The summed E-state index contributed by atoms with van der Waals surface area (Å²) in [6, 6.07) is 11.6. The van der Waals surface area contributed by atoms with Gasteiger partial charge in [-0.25, -0.2) is 0 Å². The third-order valence-electron chi connectivity index (χ3n) is 4.23. The Bertz CT molecular complexity index is 734. The van der Waals surface area contributed by atoms with Gasteiger partial charge in [0.25, 0.3) is 5.91 Å². The van der Waals surface area contributed by atoms with Crippen LogP contribution in [0, 0.1) is 6.92 Å². The van der Waals surface area contributed by atoms with Crippen molar-refractivity contribution < 1.29 is 14.3 Å². The van der Waals surface area contributed by atoms with Crippen LogP contribution in [0.1, 0.15) is 34.0 Å². The van der Waals surface area contributed by atoms with Gasteiger partial charge in [-0.1, -0.05) is 30.3 Å². The Kier molecular flexibility index (Phi) is 11.3. The van der Waals surface area contributed by atoms with Gasteiger partial charge in [0.1, 0.15) is 0 Å². The van der Waals surface area contributed by atoms with Crippen molar-refractivity contribution in [3.8, 4) is 0 Å². The summed E-state index contributed by atoms with van der Waals surface area (Å²) in [5, 5.41) is 18.9. The number of furan rings is 1. The van der Waals surface area contributed by atoms with Crippen molar-refractivity contribution in [2.24, 2.45) is 4.99 Å². The van der Waals surface area contributed by atoms with Crippen LogP contribution in [0.25, 0.3) is 0 Å². The van der Waals surface area contributed by atoms with Gasteiger partial charge in [0.05, 0.1) is 12.9 Å². The van der Waals surface area contributed by atoms with Crippen LogP contribution in [0.5, 0.6) is 0 Å². The van der Waals surface area contributed by atoms with Gasteiger partial charge >= 0.3 is 0 Å². The van der Waals surface area contributed by atoms with Crippen LogP contribution in [0.2, 0.25) is 0 Å². The van der Waals surface area contributed by atoms with Gasteiger partial charge in [0.15, 0.2) is 11.7 Å². The average Bonchev–Trinajstić information content (AvgIpc) is 3.13. The van der Waals surface area contributed by atoms with E-state index in [9.17, 15) is 9.90 Å². The van der Waals surface area contributed by atoms with E-state index in [1.54, 1.807) is 13.1 Å². The molecule has 1 aromatic carbocycles. The fourth-order valence-corrected chi connectivity index (χ4v) is 2.64. The normalized spacial score (nSPS) is 12.0. The smallest absolute Gasteiger partial charge is 0.287 e. The van der Waals surface area contributed by atoms with E-state index in [-0.39, 0.29) is 42.4 Å². The molecule has 2 rings (SSSR count). The minimum absolute atomic E-state index is 0. The lowest BCUT2D eigenvalue weighted by Gasteiger charge is -2.18. The van der Waals surface area contributed by atoms with Crippen molar-refractivity contribution >= 4 is 35.8 Å². The number of carbonyl (C=O) groups is 1. The van der Waals surface area contributed by atoms with Crippen molar-refractivity contribution in [2.45, 2.75) is 19.3 Å². The second-order valence-electron chi connectivity index (χ2n) is 6.21. The Labute approximate surface area is 183 Å². The third-order valence-corrected chi connectivity index (χ3v) is 4.23. The highest BCUT2D eigenvalue weighted by Gasteiger charge is 2.12. The molecule has 0 saturated heterocycles. The van der Waals surface area contributed by atoms with E-state index in [1.807, 2.05) is 37.3 Å². The minimum Gasteiger partial charge on any atom is -0.459 e. The zero-order valence-electron chi connectivity index (χ0n) is 16.3. The summed E-state index contributed by atoms with van der Waals surface area (Å²) in [5.41, 5.74) is 1.91. The number of aryl methyl sites for hydroxylation is 1. The van der Waals surface area contributed by atoms with Gasteiger partial charge in [-0.3, -0.25) is 9.79 Å². The fraction of sp³-hybridized carbons (Fsp3) is 0.400. The van der Waals surface area contributed by atoms with Crippen LogP contribution < -0.4 is 16.0 Å². The molecule has 0 aliphatic rings. The van der Waals surface area contributed by atoms with E-state index in [2.05, 4.69) is 20.9 Å². The predicted molar refractivity (Wildman–Crippen MR) is 121 cm³/mol. The monoisotopic (exact) mass is 500 g/mol. The summed E-state index contributed by atoms with van der Waals surface area (Å²) >= 11 is 0. The average molecular weight is 500 g/mol. The highest BCUT2D eigenvalue weighted by atomic mass is 127. The lowest BCUT2D eigenvalue weighted by molar-refractivity contribution is 0.0925. The lowest BCUT2D eigenvalue weighted by Crippen LogP contribution is -2.41. The first-order valence-corrected chi connectivity index (χ1v) is 9.08. The maximum absolute atomic E-state index is 11.9. The highest BCUT2D eigenvalue weighted by Crippen LogP contribution is 2.13. The second kappa shape index (κ2) is 13.2. The number of amides is 1. The van der Waals surface area contributed by atoms with Crippen LogP contribution in [-0.4, -0.2) is 50.3 Å². The summed E-state index contributed by atoms with van der Waals surface area (Å²) in [7, 11) is 1.70. The third kappa shape index (κ3) is 7.51. The highest BCUT2D eigenvalue weighted by molar-refractivity contribution is 14.0. The number of guanidine groups is 1. The first kappa shape index (κ1) is 24.0. The summed E-state index contributed by atoms with van der Waals surface area (Å²) in [4.78, 5) is 16.1. The molecule has 0 spiro atoms. The number of halogens is 1. The molecule has 1 unspecified atom stereocenters. The van der Waals surface area contributed by atoms with Gasteiger partial charge in [0.2, 0.25) is 0 Å². The Hall–Kier alpha value is -2.07. The minimum atomic E-state index is -0.200. The van der Waals surface area contributed by atoms with E-state index in [4.69, 9.17) is 4.42 Å². The molecule has 0 fully saturated rings. The molecule has 0 radical (unpaired) electrons. The summed E-state index contributed by atoms with van der Waals surface area (Å²) < 4.78 is 5.16. The number of aliphatic imine (C=N–C) groups is 1. The molecule has 0 aliphatic carbocycles. The molecule has 28 heavy (non-hydrogen) atoms. The molecule has 1 amide bonds. The van der Waals surface area contributed by atoms with Gasteiger partial charge < -0.3 is 25.5 Å². The van der Waals surface area contributed by atoms with Crippen molar-refractivity contribution in [3.05, 3.63) is 59.5 Å². The van der Waals surface area contributed by atoms with E-state index in [0.29, 0.717) is 31.4 Å². The van der Waals surface area contributed by atoms with Crippen molar-refractivity contribution in [3.63, 3.8) is 0 Å². The number of aliphatic hydroxyl groups excluding tert-OH is 1. The number of carbonyl (C=O) groups excluding carboxylic acids is 1. The number of aliphatic hydroxyl groups is 1. The Morgan fingerprint density at radius 3 is 2.46 bits per heavy atom. The molecule has 4 N–H and O–H groups in total.